The predicted octanol–water partition coefficient (Wildman–Crippen LogP) is 2.87. The number of hydrogen-bond acceptors (Lipinski definition) is 5. The number of carbonyl (C=O) groups is 2. The molecule has 0 saturated carbocycles. The average molecular weight is 313 g/mol. The lowest BCUT2D eigenvalue weighted by Gasteiger charge is -2.34. The van der Waals surface area contributed by atoms with Gasteiger partial charge in [0.05, 0.1) is 19.3 Å². The third-order valence-electron chi connectivity index (χ3n) is 3.35. The summed E-state index contributed by atoms with van der Waals surface area (Å²) in [5, 5.41) is 0. The van der Waals surface area contributed by atoms with E-state index in [1.54, 1.807) is 26.8 Å². The molecular weight excluding hydrogens is 286 g/mol. The summed E-state index contributed by atoms with van der Waals surface area (Å²) in [7, 11) is 1.32. The van der Waals surface area contributed by atoms with Gasteiger partial charge >= 0.3 is 12.1 Å². The molecule has 0 aromatic rings. The van der Waals surface area contributed by atoms with E-state index in [-0.39, 0.29) is 6.10 Å². The second kappa shape index (κ2) is 6.28. The van der Waals surface area contributed by atoms with Crippen LogP contribution in [0, 0.1) is 0 Å². The minimum atomic E-state index is -0.820. The molecule has 0 spiro atoms. The van der Waals surface area contributed by atoms with Gasteiger partial charge in [-0.05, 0) is 54.5 Å². The summed E-state index contributed by atoms with van der Waals surface area (Å²) in [6, 6.07) is -0.399. The number of esters is 1. The Bertz CT molecular complexity index is 475. The van der Waals surface area contributed by atoms with Gasteiger partial charge in [-0.2, -0.15) is 0 Å². The zero-order valence-corrected chi connectivity index (χ0v) is 14.7. The molecule has 6 heteroatoms. The van der Waals surface area contributed by atoms with Crippen LogP contribution in [0.5, 0.6) is 0 Å². The number of ether oxygens (including phenoxy) is 3. The third-order valence-corrected chi connectivity index (χ3v) is 3.35. The van der Waals surface area contributed by atoms with E-state index in [2.05, 4.69) is 0 Å². The van der Waals surface area contributed by atoms with Gasteiger partial charge in [0, 0.05) is 5.57 Å². The Balaban J connectivity index is 3.12. The van der Waals surface area contributed by atoms with Gasteiger partial charge in [0.2, 0.25) is 0 Å². The third kappa shape index (κ3) is 4.22. The maximum atomic E-state index is 12.5. The van der Waals surface area contributed by atoms with E-state index in [1.807, 2.05) is 27.7 Å². The van der Waals surface area contributed by atoms with Gasteiger partial charge < -0.3 is 14.2 Å². The van der Waals surface area contributed by atoms with Gasteiger partial charge in [-0.3, -0.25) is 4.90 Å². The second-order valence-corrected chi connectivity index (χ2v) is 6.95. The van der Waals surface area contributed by atoms with E-state index < -0.39 is 29.4 Å². The van der Waals surface area contributed by atoms with Crippen molar-refractivity contribution in [2.75, 3.05) is 7.11 Å². The molecule has 6 nitrogen and oxygen atoms in total. The lowest BCUT2D eigenvalue weighted by molar-refractivity contribution is -0.136. The Kier molecular flexibility index (Phi) is 5.28. The van der Waals surface area contributed by atoms with Crippen molar-refractivity contribution in [1.29, 1.82) is 0 Å². The number of rotatable bonds is 2. The molecule has 22 heavy (non-hydrogen) atoms. The number of nitrogens with zero attached hydrogens (tertiary/aromatic N) is 1. The highest BCUT2D eigenvalue weighted by Crippen LogP contribution is 2.34. The summed E-state index contributed by atoms with van der Waals surface area (Å²) >= 11 is 0. The van der Waals surface area contributed by atoms with Gasteiger partial charge in [-0.25, -0.2) is 9.59 Å². The summed E-state index contributed by atoms with van der Waals surface area (Å²) in [4.78, 5) is 25.7. The van der Waals surface area contributed by atoms with Crippen molar-refractivity contribution in [3.63, 3.8) is 0 Å². The molecule has 126 valence electrons. The molecule has 1 rings (SSSR count). The number of amides is 1. The Morgan fingerprint density at radius 2 is 1.82 bits per heavy atom. The van der Waals surface area contributed by atoms with E-state index in [4.69, 9.17) is 14.2 Å². The first kappa shape index (κ1) is 18.5. The van der Waals surface area contributed by atoms with E-state index in [0.29, 0.717) is 5.57 Å². The van der Waals surface area contributed by atoms with Crippen LogP contribution in [0.25, 0.3) is 0 Å². The van der Waals surface area contributed by atoms with Crippen LogP contribution in [-0.4, -0.2) is 47.5 Å². The standard InChI is InChI=1S/C16H27NO5/c1-10(13(18)20-8)9-12-11(2)21-16(6,7)17(12)14(19)22-15(3,4)5/h9,11-12H,1-8H3/b10-9+/t11-,12-/m1/s1. The largest absolute Gasteiger partial charge is 0.466 e. The van der Waals surface area contributed by atoms with Crippen molar-refractivity contribution >= 4 is 12.1 Å². The first-order valence-electron chi connectivity index (χ1n) is 7.36. The second-order valence-electron chi connectivity index (χ2n) is 6.95. The van der Waals surface area contributed by atoms with Crippen molar-refractivity contribution in [1.82, 2.24) is 4.90 Å². The molecule has 0 unspecified atom stereocenters. The van der Waals surface area contributed by atoms with Crippen LogP contribution < -0.4 is 0 Å². The van der Waals surface area contributed by atoms with Crippen LogP contribution in [0.1, 0.15) is 48.5 Å². The van der Waals surface area contributed by atoms with Crippen molar-refractivity contribution in [3.05, 3.63) is 11.6 Å². The summed E-state index contributed by atoms with van der Waals surface area (Å²) < 4.78 is 16.0. The fraction of sp³-hybridized carbons (Fsp3) is 0.750. The molecule has 0 aromatic heterocycles. The molecule has 1 amide bonds. The molecule has 0 N–H and O–H groups in total. The molecule has 2 atom stereocenters. The van der Waals surface area contributed by atoms with Crippen molar-refractivity contribution in [3.8, 4) is 0 Å². The fourth-order valence-electron chi connectivity index (χ4n) is 2.50. The Morgan fingerprint density at radius 3 is 2.27 bits per heavy atom. The fourth-order valence-corrected chi connectivity index (χ4v) is 2.50. The lowest BCUT2D eigenvalue weighted by Crippen LogP contribution is -2.49. The molecule has 1 fully saturated rings. The van der Waals surface area contributed by atoms with Crippen molar-refractivity contribution < 1.29 is 23.8 Å². The zero-order valence-electron chi connectivity index (χ0n) is 14.7. The molecule has 0 aromatic carbocycles. The summed E-state index contributed by atoms with van der Waals surface area (Å²) in [6.45, 7) is 12.5. The highest BCUT2D eigenvalue weighted by molar-refractivity contribution is 5.87. The van der Waals surface area contributed by atoms with Crippen LogP contribution in [0.4, 0.5) is 4.79 Å². The highest BCUT2D eigenvalue weighted by Gasteiger charge is 2.48. The summed E-state index contributed by atoms with van der Waals surface area (Å²) in [5.41, 5.74) is -1.00. The number of methoxy groups -OCH3 is 1. The molecule has 1 heterocycles. The smallest absolute Gasteiger partial charge is 0.413 e. The topological polar surface area (TPSA) is 65.1 Å². The Hall–Kier alpha value is -1.56. The van der Waals surface area contributed by atoms with E-state index in [9.17, 15) is 9.59 Å². The zero-order chi connectivity index (χ0) is 17.3. The number of hydrogen-bond donors (Lipinski definition) is 0. The maximum absolute atomic E-state index is 12.5. The molecule has 0 aliphatic carbocycles. The van der Waals surface area contributed by atoms with Crippen molar-refractivity contribution in [2.45, 2.75) is 71.9 Å². The molecule has 1 aliphatic heterocycles. The van der Waals surface area contributed by atoms with Gasteiger partial charge in [0.25, 0.3) is 0 Å². The molecule has 1 aliphatic rings. The van der Waals surface area contributed by atoms with E-state index in [0.717, 1.165) is 0 Å². The monoisotopic (exact) mass is 313 g/mol. The first-order chi connectivity index (χ1) is 9.89. The van der Waals surface area contributed by atoms with Gasteiger partial charge in [-0.15, -0.1) is 0 Å². The highest BCUT2D eigenvalue weighted by atomic mass is 16.6. The predicted molar refractivity (Wildman–Crippen MR) is 82.3 cm³/mol. The minimum Gasteiger partial charge on any atom is -0.466 e. The molecule has 0 bridgehead atoms. The Labute approximate surface area is 132 Å². The summed E-state index contributed by atoms with van der Waals surface area (Å²) in [6.07, 6.45) is 0.956. The van der Waals surface area contributed by atoms with Gasteiger partial charge in [0.1, 0.15) is 11.3 Å². The van der Waals surface area contributed by atoms with Crippen LogP contribution in [0.2, 0.25) is 0 Å². The summed E-state index contributed by atoms with van der Waals surface area (Å²) in [5.74, 6) is -0.430. The van der Waals surface area contributed by atoms with Crippen LogP contribution in [0.15, 0.2) is 11.6 Å². The van der Waals surface area contributed by atoms with Crippen LogP contribution in [0.3, 0.4) is 0 Å². The van der Waals surface area contributed by atoms with Gasteiger partial charge in [-0.1, -0.05) is 0 Å². The Morgan fingerprint density at radius 1 is 1.27 bits per heavy atom. The average Bonchev–Trinajstić information content (AvgIpc) is 2.55. The van der Waals surface area contributed by atoms with E-state index in [1.165, 1.54) is 12.0 Å². The molecular formula is C16H27NO5. The molecule has 1 saturated heterocycles. The van der Waals surface area contributed by atoms with Crippen molar-refractivity contribution in [2.24, 2.45) is 0 Å². The quantitative estimate of drug-likeness (QED) is 0.579. The minimum absolute atomic E-state index is 0.262. The normalized spacial score (nSPS) is 25.1. The van der Waals surface area contributed by atoms with Gasteiger partial charge in [0.15, 0.2) is 0 Å². The number of carbonyl (C=O) groups excluding carboxylic acids is 2. The lowest BCUT2D eigenvalue weighted by atomic mass is 10.1. The van der Waals surface area contributed by atoms with Crippen LogP contribution in [-0.2, 0) is 19.0 Å². The maximum Gasteiger partial charge on any atom is 0.413 e. The SMILES string of the molecule is COC(=O)/C(C)=C/[C@@H]1[C@@H](C)OC(C)(C)N1C(=O)OC(C)(C)C. The van der Waals surface area contributed by atoms with Crippen LogP contribution >= 0.6 is 0 Å². The van der Waals surface area contributed by atoms with E-state index >= 15 is 0 Å². The first-order valence-corrected chi connectivity index (χ1v) is 7.36. The molecule has 0 radical (unpaired) electrons.